The van der Waals surface area contributed by atoms with Crippen LogP contribution in [0.3, 0.4) is 0 Å². The fourth-order valence-electron chi connectivity index (χ4n) is 2.61. The number of fused-ring (bicyclic) bond motifs is 2. The molecule has 3 aromatic rings. The van der Waals surface area contributed by atoms with Crippen molar-refractivity contribution in [2.45, 2.75) is 11.4 Å². The smallest absolute Gasteiger partial charge is 0.323 e. The second kappa shape index (κ2) is 6.07. The standard InChI is InChI=1S/C16H11Cl2NO3S/c1-23-8-2-3-9-12(6-8)19(7-13(20)21)15-10(16(9)22)4-5-11(17)14(15)18/h2-6H,7H2,1H3,(H,20,21). The van der Waals surface area contributed by atoms with Crippen LogP contribution in [0.25, 0.3) is 21.8 Å². The number of pyridine rings is 1. The van der Waals surface area contributed by atoms with Gasteiger partial charge in [-0.1, -0.05) is 23.2 Å². The summed E-state index contributed by atoms with van der Waals surface area (Å²) < 4.78 is 1.53. The number of rotatable bonds is 3. The number of halogens is 2. The predicted octanol–water partition coefficient (Wildman–Crippen LogP) is 4.27. The van der Waals surface area contributed by atoms with Gasteiger partial charge in [0.1, 0.15) is 6.54 Å². The van der Waals surface area contributed by atoms with Gasteiger partial charge >= 0.3 is 5.97 Å². The summed E-state index contributed by atoms with van der Waals surface area (Å²) in [5.74, 6) is -1.03. The zero-order valence-electron chi connectivity index (χ0n) is 12.0. The molecule has 0 atom stereocenters. The third kappa shape index (κ3) is 2.69. The monoisotopic (exact) mass is 367 g/mol. The third-order valence-electron chi connectivity index (χ3n) is 3.62. The van der Waals surface area contributed by atoms with Crippen molar-refractivity contribution in [1.82, 2.24) is 4.57 Å². The molecule has 0 saturated carbocycles. The van der Waals surface area contributed by atoms with Gasteiger partial charge in [-0.05, 0) is 36.6 Å². The number of aliphatic carboxylic acids is 1. The van der Waals surface area contributed by atoms with Crippen LogP contribution in [0.15, 0.2) is 40.0 Å². The van der Waals surface area contributed by atoms with Crippen LogP contribution in [0.5, 0.6) is 0 Å². The molecular formula is C16H11Cl2NO3S. The Bertz CT molecular complexity index is 1010. The van der Waals surface area contributed by atoms with Gasteiger partial charge in [-0.15, -0.1) is 11.8 Å². The summed E-state index contributed by atoms with van der Waals surface area (Å²) in [6, 6.07) is 8.46. The van der Waals surface area contributed by atoms with E-state index in [0.29, 0.717) is 21.8 Å². The Morgan fingerprint density at radius 3 is 2.57 bits per heavy atom. The maximum atomic E-state index is 12.7. The number of hydrogen-bond acceptors (Lipinski definition) is 3. The number of thioether (sulfide) groups is 1. The van der Waals surface area contributed by atoms with Crippen molar-refractivity contribution < 1.29 is 9.90 Å². The van der Waals surface area contributed by atoms with Crippen LogP contribution < -0.4 is 5.43 Å². The quantitative estimate of drug-likeness (QED) is 0.554. The van der Waals surface area contributed by atoms with Crippen LogP contribution >= 0.6 is 35.0 Å². The van der Waals surface area contributed by atoms with Crippen LogP contribution in [-0.2, 0) is 11.3 Å². The molecule has 0 bridgehead atoms. The van der Waals surface area contributed by atoms with E-state index in [2.05, 4.69) is 0 Å². The van der Waals surface area contributed by atoms with Gasteiger partial charge in [0.15, 0.2) is 5.43 Å². The highest BCUT2D eigenvalue weighted by Crippen LogP contribution is 2.32. The lowest BCUT2D eigenvalue weighted by Gasteiger charge is -2.15. The molecule has 1 aromatic heterocycles. The first-order valence-electron chi connectivity index (χ1n) is 6.64. The maximum Gasteiger partial charge on any atom is 0.323 e. The average molecular weight is 368 g/mol. The lowest BCUT2D eigenvalue weighted by molar-refractivity contribution is -0.137. The SMILES string of the molecule is CSc1ccc2c(=O)c3ccc(Cl)c(Cl)c3n(CC(=O)O)c2c1. The summed E-state index contributed by atoms with van der Waals surface area (Å²) in [7, 11) is 0. The van der Waals surface area contributed by atoms with Gasteiger partial charge in [-0.2, -0.15) is 0 Å². The molecule has 0 fully saturated rings. The minimum atomic E-state index is -1.03. The number of nitrogens with zero attached hydrogens (tertiary/aromatic N) is 1. The van der Waals surface area contributed by atoms with Crippen molar-refractivity contribution in [2.24, 2.45) is 0 Å². The van der Waals surface area contributed by atoms with E-state index < -0.39 is 5.97 Å². The van der Waals surface area contributed by atoms with Crippen LogP contribution in [0.2, 0.25) is 10.0 Å². The van der Waals surface area contributed by atoms with Crippen molar-refractivity contribution in [3.63, 3.8) is 0 Å². The highest BCUT2D eigenvalue weighted by Gasteiger charge is 2.17. The Morgan fingerprint density at radius 2 is 1.91 bits per heavy atom. The maximum absolute atomic E-state index is 12.7. The van der Waals surface area contributed by atoms with Gasteiger partial charge < -0.3 is 9.67 Å². The van der Waals surface area contributed by atoms with E-state index in [1.807, 2.05) is 12.3 Å². The zero-order chi connectivity index (χ0) is 16.7. The van der Waals surface area contributed by atoms with Gasteiger partial charge in [0.05, 0.1) is 21.1 Å². The molecule has 3 rings (SSSR count). The predicted molar refractivity (Wildman–Crippen MR) is 95.2 cm³/mol. The Kier molecular flexibility index (Phi) is 4.27. The topological polar surface area (TPSA) is 59.3 Å². The first-order valence-corrected chi connectivity index (χ1v) is 8.62. The van der Waals surface area contributed by atoms with Gasteiger partial charge in [0.25, 0.3) is 0 Å². The Labute approximate surface area is 145 Å². The minimum absolute atomic E-state index is 0.180. The van der Waals surface area contributed by atoms with Crippen LogP contribution in [0, 0.1) is 0 Å². The molecule has 1 heterocycles. The van der Waals surface area contributed by atoms with E-state index in [4.69, 9.17) is 23.2 Å². The number of carbonyl (C=O) groups is 1. The van der Waals surface area contributed by atoms with Crippen molar-refractivity contribution >= 4 is 62.7 Å². The summed E-state index contributed by atoms with van der Waals surface area (Å²) in [6.07, 6.45) is 1.91. The molecular weight excluding hydrogens is 357 g/mol. The molecule has 0 saturated heterocycles. The lowest BCUT2D eigenvalue weighted by atomic mass is 10.1. The Balaban J connectivity index is 2.60. The molecule has 2 aromatic carbocycles. The van der Waals surface area contributed by atoms with Crippen LogP contribution in [0.1, 0.15) is 0 Å². The number of benzene rings is 2. The molecule has 7 heteroatoms. The van der Waals surface area contributed by atoms with E-state index in [-0.39, 0.29) is 22.0 Å². The van der Waals surface area contributed by atoms with E-state index >= 15 is 0 Å². The van der Waals surface area contributed by atoms with Crippen molar-refractivity contribution in [2.75, 3.05) is 6.26 Å². The summed E-state index contributed by atoms with van der Waals surface area (Å²) in [5.41, 5.74) is 0.682. The van der Waals surface area contributed by atoms with E-state index in [9.17, 15) is 14.7 Å². The Morgan fingerprint density at radius 1 is 1.22 bits per heavy atom. The molecule has 23 heavy (non-hydrogen) atoms. The molecule has 1 N–H and O–H groups in total. The number of carboxylic acids is 1. The molecule has 0 spiro atoms. The van der Waals surface area contributed by atoms with Gasteiger partial charge in [0.2, 0.25) is 0 Å². The third-order valence-corrected chi connectivity index (χ3v) is 5.14. The normalized spacial score (nSPS) is 11.3. The summed E-state index contributed by atoms with van der Waals surface area (Å²) >= 11 is 13.8. The van der Waals surface area contributed by atoms with Crippen molar-refractivity contribution in [3.8, 4) is 0 Å². The second-order valence-electron chi connectivity index (χ2n) is 4.95. The van der Waals surface area contributed by atoms with Gasteiger partial charge in [-0.25, -0.2) is 0 Å². The second-order valence-corrected chi connectivity index (χ2v) is 6.61. The number of carboxylic acid groups (broad SMARTS) is 1. The molecule has 4 nitrogen and oxygen atoms in total. The van der Waals surface area contributed by atoms with Crippen LogP contribution in [0.4, 0.5) is 0 Å². The van der Waals surface area contributed by atoms with E-state index in [1.54, 1.807) is 24.3 Å². The van der Waals surface area contributed by atoms with Crippen molar-refractivity contribution in [1.29, 1.82) is 0 Å². The molecule has 0 aliphatic carbocycles. The van der Waals surface area contributed by atoms with Gasteiger partial charge in [-0.3, -0.25) is 9.59 Å². The molecule has 0 aliphatic heterocycles. The highest BCUT2D eigenvalue weighted by atomic mass is 35.5. The van der Waals surface area contributed by atoms with Crippen LogP contribution in [-0.4, -0.2) is 21.9 Å². The molecule has 0 unspecified atom stereocenters. The number of hydrogen-bond donors (Lipinski definition) is 1. The van der Waals surface area contributed by atoms with Gasteiger partial charge in [0, 0.05) is 15.7 Å². The van der Waals surface area contributed by atoms with Crippen molar-refractivity contribution in [3.05, 3.63) is 50.6 Å². The zero-order valence-corrected chi connectivity index (χ0v) is 14.3. The molecule has 0 amide bonds. The largest absolute Gasteiger partial charge is 0.480 e. The highest BCUT2D eigenvalue weighted by molar-refractivity contribution is 7.98. The summed E-state index contributed by atoms with van der Waals surface area (Å²) in [6.45, 7) is -0.314. The number of aromatic nitrogens is 1. The first kappa shape index (κ1) is 16.2. The lowest BCUT2D eigenvalue weighted by Crippen LogP contribution is -2.16. The molecule has 0 radical (unpaired) electrons. The Hall–Kier alpha value is -1.69. The molecule has 0 aliphatic rings. The molecule has 118 valence electrons. The average Bonchev–Trinajstić information content (AvgIpc) is 2.53. The summed E-state index contributed by atoms with van der Waals surface area (Å²) in [5, 5.41) is 10.5. The minimum Gasteiger partial charge on any atom is -0.480 e. The fourth-order valence-corrected chi connectivity index (χ4v) is 3.46. The first-order chi connectivity index (χ1) is 10.9. The summed E-state index contributed by atoms with van der Waals surface area (Å²) in [4.78, 5) is 25.0. The van der Waals surface area contributed by atoms with E-state index in [1.165, 1.54) is 16.3 Å². The van der Waals surface area contributed by atoms with E-state index in [0.717, 1.165) is 4.90 Å². The fraction of sp³-hybridized carbons (Fsp3) is 0.125.